The van der Waals surface area contributed by atoms with E-state index >= 15 is 0 Å². The van der Waals surface area contributed by atoms with Crippen LogP contribution in [0.5, 0.6) is 0 Å². The van der Waals surface area contributed by atoms with Crippen molar-refractivity contribution in [1.82, 2.24) is 4.90 Å². The number of esters is 1. The molecule has 11 heteroatoms. The minimum Gasteiger partial charge on any atom is -0.454 e. The minimum absolute atomic E-state index is 0.180. The Kier molecular flexibility index (Phi) is 6.57. The van der Waals surface area contributed by atoms with Gasteiger partial charge in [0.15, 0.2) is 6.61 Å². The molecule has 0 spiro atoms. The number of fused-ring (bicyclic) bond motifs is 1. The molecule has 0 saturated heterocycles. The highest BCUT2D eigenvalue weighted by Crippen LogP contribution is 2.44. The third-order valence-corrected chi connectivity index (χ3v) is 5.94. The zero-order chi connectivity index (χ0) is 22.2. The third kappa shape index (κ3) is 4.25. The number of hydrogen-bond donors (Lipinski definition) is 1. The normalized spacial score (nSPS) is 12.8. The summed E-state index contributed by atoms with van der Waals surface area (Å²) in [5.41, 5.74) is 0.986. The number of aryl methyl sites for hydroxylation is 1. The molecule has 30 heavy (non-hydrogen) atoms. The van der Waals surface area contributed by atoms with Crippen molar-refractivity contribution in [2.75, 3.05) is 18.5 Å². The molecule has 1 N–H and O–H groups in total. The largest absolute Gasteiger partial charge is 0.454 e. The van der Waals surface area contributed by atoms with Gasteiger partial charge >= 0.3 is 5.97 Å². The number of rotatable bonds is 5. The van der Waals surface area contributed by atoms with Crippen LogP contribution < -0.4 is 5.32 Å². The van der Waals surface area contributed by atoms with E-state index in [1.165, 1.54) is 0 Å². The Balaban J connectivity index is 1.65. The summed E-state index contributed by atoms with van der Waals surface area (Å²) in [6, 6.07) is 7.03. The van der Waals surface area contributed by atoms with Crippen LogP contribution in [0.2, 0.25) is 20.1 Å². The van der Waals surface area contributed by atoms with Crippen LogP contribution in [-0.4, -0.2) is 41.7 Å². The van der Waals surface area contributed by atoms with Crippen LogP contribution in [0.15, 0.2) is 24.3 Å². The summed E-state index contributed by atoms with van der Waals surface area (Å²) < 4.78 is 4.86. The van der Waals surface area contributed by atoms with Gasteiger partial charge in [0.2, 0.25) is 0 Å². The van der Waals surface area contributed by atoms with Crippen LogP contribution >= 0.6 is 46.4 Å². The average molecular weight is 490 g/mol. The van der Waals surface area contributed by atoms with Crippen molar-refractivity contribution in [2.24, 2.45) is 0 Å². The fraction of sp³-hybridized carbons (Fsp3) is 0.158. The number of ether oxygens (including phenoxy) is 1. The van der Waals surface area contributed by atoms with Gasteiger partial charge in [0.05, 0.1) is 31.2 Å². The number of imide groups is 1. The number of halogens is 4. The Bertz CT molecular complexity index is 1060. The van der Waals surface area contributed by atoms with E-state index in [9.17, 15) is 19.2 Å². The van der Waals surface area contributed by atoms with Gasteiger partial charge < -0.3 is 10.1 Å². The number of amides is 3. The summed E-state index contributed by atoms with van der Waals surface area (Å²) in [5, 5.41) is 1.72. The number of anilines is 1. The summed E-state index contributed by atoms with van der Waals surface area (Å²) in [4.78, 5) is 49.7. The van der Waals surface area contributed by atoms with E-state index in [1.54, 1.807) is 18.2 Å². The van der Waals surface area contributed by atoms with Gasteiger partial charge in [-0.15, -0.1) is 0 Å². The molecule has 3 amide bonds. The van der Waals surface area contributed by atoms with E-state index in [1.807, 2.05) is 13.0 Å². The number of carbonyl (C=O) groups is 4. The highest BCUT2D eigenvalue weighted by molar-refractivity contribution is 6.55. The first-order valence-corrected chi connectivity index (χ1v) is 9.87. The fourth-order valence-corrected chi connectivity index (χ4v) is 3.79. The SMILES string of the molecule is Cc1cccc(NC(=O)COC(=O)CN2C(=O)c3c(Cl)c(Cl)c(Cl)c(Cl)c3C2=O)c1. The second-order valence-corrected chi connectivity index (χ2v) is 7.79. The maximum atomic E-state index is 12.6. The lowest BCUT2D eigenvalue weighted by atomic mass is 10.1. The molecular formula is C19H12Cl4N2O5. The molecule has 0 unspecified atom stereocenters. The number of nitrogens with one attached hydrogen (secondary N) is 1. The Morgan fingerprint density at radius 1 is 0.967 bits per heavy atom. The van der Waals surface area contributed by atoms with Gasteiger partial charge in [0.1, 0.15) is 6.54 Å². The average Bonchev–Trinajstić information content (AvgIpc) is 2.94. The predicted molar refractivity (Wildman–Crippen MR) is 113 cm³/mol. The van der Waals surface area contributed by atoms with E-state index in [0.717, 1.165) is 5.56 Å². The Morgan fingerprint density at radius 2 is 1.53 bits per heavy atom. The molecule has 0 aromatic heterocycles. The lowest BCUT2D eigenvalue weighted by Crippen LogP contribution is -2.36. The van der Waals surface area contributed by atoms with Crippen molar-refractivity contribution >= 4 is 75.8 Å². The van der Waals surface area contributed by atoms with Crippen LogP contribution in [0.3, 0.4) is 0 Å². The van der Waals surface area contributed by atoms with Crippen molar-refractivity contribution in [2.45, 2.75) is 6.92 Å². The monoisotopic (exact) mass is 488 g/mol. The van der Waals surface area contributed by atoms with Gasteiger partial charge in [-0.25, -0.2) is 0 Å². The van der Waals surface area contributed by atoms with Crippen molar-refractivity contribution < 1.29 is 23.9 Å². The molecule has 0 radical (unpaired) electrons. The molecule has 0 bridgehead atoms. The van der Waals surface area contributed by atoms with Crippen LogP contribution in [0.1, 0.15) is 26.3 Å². The van der Waals surface area contributed by atoms with Crippen LogP contribution in [0, 0.1) is 6.92 Å². The first kappa shape index (κ1) is 22.4. The molecule has 0 fully saturated rings. The summed E-state index contributed by atoms with van der Waals surface area (Å²) in [6.45, 7) is 0.512. The van der Waals surface area contributed by atoms with Crippen molar-refractivity contribution in [3.8, 4) is 0 Å². The fourth-order valence-electron chi connectivity index (χ4n) is 2.78. The standard InChI is InChI=1S/C19H12Cl4N2O5/c1-8-3-2-4-9(5-8)24-10(26)7-30-11(27)6-25-18(28)12-13(19(25)29)15(21)17(23)16(22)14(12)20/h2-5H,6-7H2,1H3,(H,24,26). The minimum atomic E-state index is -0.978. The summed E-state index contributed by atoms with van der Waals surface area (Å²) in [6.07, 6.45) is 0. The van der Waals surface area contributed by atoms with Gasteiger partial charge in [-0.05, 0) is 24.6 Å². The Labute approximate surface area is 190 Å². The zero-order valence-electron chi connectivity index (χ0n) is 15.2. The van der Waals surface area contributed by atoms with Crippen molar-refractivity contribution in [1.29, 1.82) is 0 Å². The topological polar surface area (TPSA) is 92.8 Å². The van der Waals surface area contributed by atoms with Gasteiger partial charge in [-0.2, -0.15) is 0 Å². The smallest absolute Gasteiger partial charge is 0.326 e. The first-order chi connectivity index (χ1) is 14.1. The molecule has 3 rings (SSSR count). The summed E-state index contributed by atoms with van der Waals surface area (Å²) >= 11 is 23.9. The molecule has 0 saturated carbocycles. The number of carbonyl (C=O) groups excluding carboxylic acids is 4. The zero-order valence-corrected chi connectivity index (χ0v) is 18.2. The van der Waals surface area contributed by atoms with Crippen molar-refractivity contribution in [3.05, 3.63) is 61.0 Å². The van der Waals surface area contributed by atoms with E-state index in [4.69, 9.17) is 51.1 Å². The summed E-state index contributed by atoms with van der Waals surface area (Å²) in [5.74, 6) is -3.31. The van der Waals surface area contributed by atoms with Crippen molar-refractivity contribution in [3.63, 3.8) is 0 Å². The van der Waals surface area contributed by atoms with Crippen LogP contribution in [-0.2, 0) is 14.3 Å². The molecule has 0 atom stereocenters. The van der Waals surface area contributed by atoms with Gasteiger partial charge in [0.25, 0.3) is 17.7 Å². The second kappa shape index (κ2) is 8.81. The highest BCUT2D eigenvalue weighted by Gasteiger charge is 2.42. The molecule has 0 aliphatic carbocycles. The van der Waals surface area contributed by atoms with E-state index in [-0.39, 0.29) is 31.2 Å². The summed E-state index contributed by atoms with van der Waals surface area (Å²) in [7, 11) is 0. The van der Waals surface area contributed by atoms with Crippen LogP contribution in [0.4, 0.5) is 5.69 Å². The molecule has 1 heterocycles. The van der Waals surface area contributed by atoms with Gasteiger partial charge in [-0.3, -0.25) is 24.1 Å². The quantitative estimate of drug-likeness (QED) is 0.291. The highest BCUT2D eigenvalue weighted by atomic mass is 35.5. The maximum absolute atomic E-state index is 12.6. The van der Waals surface area contributed by atoms with Crippen LogP contribution in [0.25, 0.3) is 0 Å². The molecule has 1 aliphatic rings. The van der Waals surface area contributed by atoms with E-state index in [2.05, 4.69) is 5.32 Å². The number of hydrogen-bond acceptors (Lipinski definition) is 5. The molecule has 7 nitrogen and oxygen atoms in total. The Morgan fingerprint density at radius 3 is 2.07 bits per heavy atom. The third-order valence-electron chi connectivity index (χ3n) is 4.14. The second-order valence-electron chi connectivity index (χ2n) is 6.28. The molecular weight excluding hydrogens is 478 g/mol. The molecule has 2 aromatic carbocycles. The van der Waals surface area contributed by atoms with E-state index < -0.39 is 36.8 Å². The van der Waals surface area contributed by atoms with Gasteiger partial charge in [-0.1, -0.05) is 58.5 Å². The van der Waals surface area contributed by atoms with E-state index in [0.29, 0.717) is 10.6 Å². The molecule has 2 aromatic rings. The number of benzene rings is 2. The molecule has 156 valence electrons. The Hall–Kier alpha value is -2.32. The first-order valence-electron chi connectivity index (χ1n) is 8.36. The lowest BCUT2D eigenvalue weighted by Gasteiger charge is -2.13. The lowest BCUT2D eigenvalue weighted by molar-refractivity contribution is -0.147. The maximum Gasteiger partial charge on any atom is 0.326 e. The number of nitrogens with zero attached hydrogens (tertiary/aromatic N) is 1. The predicted octanol–water partition coefficient (Wildman–Crippen LogP) is 4.39. The molecule has 1 aliphatic heterocycles. The van der Waals surface area contributed by atoms with Gasteiger partial charge in [0, 0.05) is 5.69 Å².